The molecule has 4 aliphatic rings. The number of rotatable bonds is 1. The topological polar surface area (TPSA) is 26.0 Å². The van der Waals surface area contributed by atoms with E-state index in [1.807, 2.05) is 18.2 Å². The summed E-state index contributed by atoms with van der Waals surface area (Å²) in [5, 5.41) is 0. The minimum absolute atomic E-state index is 0.611. The molecule has 0 amide bonds. The maximum atomic E-state index is 6.08. The minimum Gasteiger partial charge on any atom is -0.440 e. The fourth-order valence-corrected chi connectivity index (χ4v) is 5.36. The lowest BCUT2D eigenvalue weighted by Crippen LogP contribution is -2.43. The van der Waals surface area contributed by atoms with Gasteiger partial charge >= 0.3 is 0 Å². The molecule has 0 N–H and O–H groups in total. The molecule has 2 aromatic rings. The third kappa shape index (κ3) is 1.46. The van der Waals surface area contributed by atoms with E-state index in [2.05, 4.69) is 6.07 Å². The molecule has 1 aromatic carbocycles. The molecule has 2 heteroatoms. The molecule has 6 rings (SSSR count). The summed E-state index contributed by atoms with van der Waals surface area (Å²) in [4.78, 5) is 4.79. The van der Waals surface area contributed by atoms with Gasteiger partial charge in [-0.1, -0.05) is 12.1 Å². The number of nitrogens with zero attached hydrogens (tertiary/aromatic N) is 1. The zero-order valence-corrected chi connectivity index (χ0v) is 11.1. The van der Waals surface area contributed by atoms with Crippen molar-refractivity contribution in [2.45, 2.75) is 38.0 Å². The molecule has 19 heavy (non-hydrogen) atoms. The van der Waals surface area contributed by atoms with Gasteiger partial charge in [0.2, 0.25) is 0 Å². The van der Waals surface area contributed by atoms with Gasteiger partial charge in [0.05, 0.1) is 0 Å². The lowest BCUT2D eigenvalue weighted by molar-refractivity contribution is -0.0109. The number of oxazole rings is 1. The molecule has 1 heterocycles. The zero-order valence-electron chi connectivity index (χ0n) is 11.1. The third-order valence-electron chi connectivity index (χ3n) is 5.82. The fourth-order valence-electron chi connectivity index (χ4n) is 5.36. The summed E-state index contributed by atoms with van der Waals surface area (Å²) in [7, 11) is 0. The van der Waals surface area contributed by atoms with Crippen molar-refractivity contribution < 1.29 is 4.42 Å². The summed E-state index contributed by atoms with van der Waals surface area (Å²) in [5.41, 5.74) is 2.00. The van der Waals surface area contributed by atoms with Crippen LogP contribution in [0.1, 0.15) is 43.9 Å². The van der Waals surface area contributed by atoms with Crippen molar-refractivity contribution in [3.05, 3.63) is 30.2 Å². The van der Waals surface area contributed by atoms with Crippen LogP contribution >= 0.6 is 0 Å². The van der Waals surface area contributed by atoms with Crippen molar-refractivity contribution in [1.29, 1.82) is 0 Å². The van der Waals surface area contributed by atoms with Crippen LogP contribution in [0.4, 0.5) is 0 Å². The highest BCUT2D eigenvalue weighted by atomic mass is 16.3. The first-order valence-electron chi connectivity index (χ1n) is 7.72. The first kappa shape index (κ1) is 10.5. The van der Waals surface area contributed by atoms with Gasteiger partial charge in [-0.05, 0) is 67.9 Å². The zero-order chi connectivity index (χ0) is 12.4. The smallest absolute Gasteiger partial charge is 0.199 e. The molecule has 0 saturated heterocycles. The molecule has 0 atom stereocenters. The summed E-state index contributed by atoms with van der Waals surface area (Å²) in [6, 6.07) is 8.19. The second-order valence-corrected chi connectivity index (χ2v) is 6.98. The maximum Gasteiger partial charge on any atom is 0.199 e. The van der Waals surface area contributed by atoms with Gasteiger partial charge in [-0.3, -0.25) is 0 Å². The molecule has 4 aliphatic carbocycles. The van der Waals surface area contributed by atoms with E-state index in [9.17, 15) is 0 Å². The Morgan fingerprint density at radius 1 is 0.895 bits per heavy atom. The predicted molar refractivity (Wildman–Crippen MR) is 73.8 cm³/mol. The van der Waals surface area contributed by atoms with E-state index < -0.39 is 0 Å². The van der Waals surface area contributed by atoms with E-state index in [1.54, 1.807) is 0 Å². The molecule has 0 spiro atoms. The van der Waals surface area contributed by atoms with Crippen molar-refractivity contribution in [2.24, 2.45) is 23.7 Å². The molecule has 4 fully saturated rings. The monoisotopic (exact) mass is 253 g/mol. The van der Waals surface area contributed by atoms with Gasteiger partial charge in [0, 0.05) is 5.92 Å². The van der Waals surface area contributed by atoms with E-state index in [-0.39, 0.29) is 0 Å². The lowest BCUT2D eigenvalue weighted by Gasteiger charge is -2.53. The standard InChI is InChI=1S/C17H19NO/c1-2-4-15-14(3-1)18-17(19-15)16-12-6-10-5-11(8-12)9-13(16)7-10/h1-4,10-13,16H,5-9H2. The molecule has 2 nitrogen and oxygen atoms in total. The highest BCUT2D eigenvalue weighted by molar-refractivity contribution is 5.72. The van der Waals surface area contributed by atoms with Gasteiger partial charge in [-0.15, -0.1) is 0 Å². The van der Waals surface area contributed by atoms with Crippen LogP contribution in [0, 0.1) is 23.7 Å². The van der Waals surface area contributed by atoms with Crippen LogP contribution in [0.25, 0.3) is 11.1 Å². The Morgan fingerprint density at radius 2 is 1.58 bits per heavy atom. The van der Waals surface area contributed by atoms with Crippen molar-refractivity contribution >= 4 is 11.1 Å². The quantitative estimate of drug-likeness (QED) is 0.754. The Balaban J connectivity index is 1.58. The van der Waals surface area contributed by atoms with E-state index in [4.69, 9.17) is 9.40 Å². The number of fused-ring (bicyclic) bond motifs is 1. The number of hydrogen-bond acceptors (Lipinski definition) is 2. The highest BCUT2D eigenvalue weighted by Gasteiger charge is 2.50. The third-order valence-corrected chi connectivity index (χ3v) is 5.82. The molecule has 1 aromatic heterocycles. The lowest BCUT2D eigenvalue weighted by atomic mass is 9.52. The summed E-state index contributed by atoms with van der Waals surface area (Å²) >= 11 is 0. The Kier molecular flexibility index (Phi) is 2.00. The second kappa shape index (κ2) is 3.62. The number of benzene rings is 1. The molecule has 4 saturated carbocycles. The van der Waals surface area contributed by atoms with Crippen molar-refractivity contribution in [1.82, 2.24) is 4.98 Å². The fraction of sp³-hybridized carbons (Fsp3) is 0.588. The van der Waals surface area contributed by atoms with Crippen LogP contribution in [0.3, 0.4) is 0 Å². The maximum absolute atomic E-state index is 6.08. The summed E-state index contributed by atoms with van der Waals surface area (Å²) < 4.78 is 6.08. The van der Waals surface area contributed by atoms with E-state index in [0.717, 1.165) is 40.7 Å². The van der Waals surface area contributed by atoms with Crippen LogP contribution < -0.4 is 0 Å². The largest absolute Gasteiger partial charge is 0.440 e. The van der Waals surface area contributed by atoms with Gasteiger partial charge in [0.15, 0.2) is 11.5 Å². The van der Waals surface area contributed by atoms with Crippen LogP contribution in [0.2, 0.25) is 0 Å². The highest BCUT2D eigenvalue weighted by Crippen LogP contribution is 2.59. The normalized spacial score (nSPS) is 40.1. The minimum atomic E-state index is 0.611. The van der Waals surface area contributed by atoms with Crippen molar-refractivity contribution in [3.63, 3.8) is 0 Å². The van der Waals surface area contributed by atoms with Crippen LogP contribution in [0.15, 0.2) is 28.7 Å². The first-order valence-corrected chi connectivity index (χ1v) is 7.72. The SMILES string of the molecule is c1ccc2oc(C3C4CC5CC(C4)CC3C5)nc2c1. The van der Waals surface area contributed by atoms with Crippen LogP contribution in [-0.4, -0.2) is 4.98 Å². The van der Waals surface area contributed by atoms with Crippen molar-refractivity contribution in [3.8, 4) is 0 Å². The molecule has 98 valence electrons. The average Bonchev–Trinajstić information content (AvgIpc) is 2.80. The summed E-state index contributed by atoms with van der Waals surface area (Å²) in [5.74, 6) is 5.38. The van der Waals surface area contributed by atoms with Gasteiger partial charge in [0.25, 0.3) is 0 Å². The van der Waals surface area contributed by atoms with Gasteiger partial charge in [-0.25, -0.2) is 4.98 Å². The Labute approximate surface area is 113 Å². The molecule has 0 radical (unpaired) electrons. The Morgan fingerprint density at radius 3 is 2.26 bits per heavy atom. The van der Waals surface area contributed by atoms with Crippen LogP contribution in [-0.2, 0) is 0 Å². The van der Waals surface area contributed by atoms with Gasteiger partial charge < -0.3 is 4.42 Å². The molecule has 4 bridgehead atoms. The Hall–Kier alpha value is -1.31. The van der Waals surface area contributed by atoms with Gasteiger partial charge in [0.1, 0.15) is 5.52 Å². The summed E-state index contributed by atoms with van der Waals surface area (Å²) in [6.45, 7) is 0. The molecular weight excluding hydrogens is 234 g/mol. The van der Waals surface area contributed by atoms with Gasteiger partial charge in [-0.2, -0.15) is 0 Å². The number of aromatic nitrogens is 1. The van der Waals surface area contributed by atoms with E-state index in [0.29, 0.717) is 5.92 Å². The molecule has 0 aliphatic heterocycles. The van der Waals surface area contributed by atoms with Crippen molar-refractivity contribution in [2.75, 3.05) is 0 Å². The van der Waals surface area contributed by atoms with Crippen LogP contribution in [0.5, 0.6) is 0 Å². The first-order chi connectivity index (χ1) is 9.37. The summed E-state index contributed by atoms with van der Waals surface area (Å²) in [6.07, 6.45) is 7.22. The molecule has 0 unspecified atom stereocenters. The number of hydrogen-bond donors (Lipinski definition) is 0. The predicted octanol–water partition coefficient (Wildman–Crippen LogP) is 4.37. The second-order valence-electron chi connectivity index (χ2n) is 6.98. The Bertz CT molecular complexity index is 568. The van der Waals surface area contributed by atoms with E-state index in [1.165, 1.54) is 32.1 Å². The van der Waals surface area contributed by atoms with E-state index >= 15 is 0 Å². The average molecular weight is 253 g/mol. The number of para-hydroxylation sites is 2. The molecular formula is C17H19NO.